The van der Waals surface area contributed by atoms with Crippen LogP contribution >= 0.6 is 11.3 Å². The molecule has 6 heterocycles. The van der Waals surface area contributed by atoms with Crippen LogP contribution in [-0.2, 0) is 7.05 Å². The second-order valence-corrected chi connectivity index (χ2v) is 10.6. The summed E-state index contributed by atoms with van der Waals surface area (Å²) in [6, 6.07) is 1.69. The van der Waals surface area contributed by atoms with Crippen LogP contribution in [0.25, 0.3) is 37.2 Å². The molecular formula is C24H24N8O2S. The molecule has 11 heteroatoms. The van der Waals surface area contributed by atoms with Gasteiger partial charge in [0.2, 0.25) is 0 Å². The van der Waals surface area contributed by atoms with Crippen molar-refractivity contribution >= 4 is 44.0 Å². The van der Waals surface area contributed by atoms with Gasteiger partial charge in [-0.15, -0.1) is 11.3 Å². The van der Waals surface area contributed by atoms with E-state index < -0.39 is 0 Å². The molecule has 0 aromatic carbocycles. The largest absolute Gasteiger partial charge is 0.351 e. The van der Waals surface area contributed by atoms with Gasteiger partial charge in [-0.3, -0.25) is 24.2 Å². The molecule has 2 fully saturated rings. The number of nitrogens with zero attached hydrogens (tertiary/aromatic N) is 6. The van der Waals surface area contributed by atoms with Crippen molar-refractivity contribution in [3.05, 3.63) is 46.8 Å². The Morgan fingerprint density at radius 1 is 1.23 bits per heavy atom. The van der Waals surface area contributed by atoms with Gasteiger partial charge in [0.15, 0.2) is 0 Å². The number of H-pyrrole nitrogens is 1. The van der Waals surface area contributed by atoms with Crippen LogP contribution in [0.5, 0.6) is 0 Å². The van der Waals surface area contributed by atoms with Gasteiger partial charge in [0.05, 0.1) is 22.2 Å². The van der Waals surface area contributed by atoms with Crippen molar-refractivity contribution in [2.24, 2.45) is 7.05 Å². The van der Waals surface area contributed by atoms with E-state index in [1.165, 1.54) is 37.0 Å². The average Bonchev–Trinajstić information content (AvgIpc) is 3.17. The molecule has 7 rings (SSSR count). The van der Waals surface area contributed by atoms with Crippen molar-refractivity contribution < 1.29 is 4.79 Å². The van der Waals surface area contributed by atoms with E-state index >= 15 is 0 Å². The highest BCUT2D eigenvalue weighted by atomic mass is 32.1. The van der Waals surface area contributed by atoms with Crippen molar-refractivity contribution in [1.29, 1.82) is 0 Å². The van der Waals surface area contributed by atoms with Gasteiger partial charge in [0.25, 0.3) is 11.5 Å². The number of likely N-dealkylation sites (tertiary alicyclic amines) is 1. The van der Waals surface area contributed by atoms with Gasteiger partial charge in [-0.1, -0.05) is 0 Å². The summed E-state index contributed by atoms with van der Waals surface area (Å²) in [5.74, 6) is -0.184. The molecule has 0 unspecified atom stereocenters. The number of thiazole rings is 1. The van der Waals surface area contributed by atoms with Crippen molar-refractivity contribution in [2.75, 3.05) is 19.6 Å². The Morgan fingerprint density at radius 3 is 2.91 bits per heavy atom. The molecular weight excluding hydrogens is 464 g/mol. The fraction of sp³-hybridized carbons (Fsp3) is 0.375. The number of carbonyl (C=O) groups is 1. The van der Waals surface area contributed by atoms with Gasteiger partial charge < -0.3 is 10.3 Å². The predicted octanol–water partition coefficient (Wildman–Crippen LogP) is 2.54. The molecule has 5 aromatic rings. The smallest absolute Gasteiger partial charge is 0.261 e. The molecule has 10 nitrogen and oxygen atoms in total. The number of nitrogens with one attached hydrogen (secondary N) is 2. The molecule has 35 heavy (non-hydrogen) atoms. The quantitative estimate of drug-likeness (QED) is 0.393. The van der Waals surface area contributed by atoms with Gasteiger partial charge in [0.1, 0.15) is 21.3 Å². The van der Waals surface area contributed by atoms with Gasteiger partial charge in [-0.2, -0.15) is 10.2 Å². The van der Waals surface area contributed by atoms with Crippen LogP contribution in [0, 0.1) is 0 Å². The molecule has 2 aliphatic rings. The van der Waals surface area contributed by atoms with E-state index in [0.717, 1.165) is 28.4 Å². The third kappa shape index (κ3) is 3.29. The first-order valence-corrected chi connectivity index (χ1v) is 12.7. The molecule has 1 aliphatic heterocycles. The number of aryl methyl sites for hydroxylation is 1. The first-order chi connectivity index (χ1) is 17.0. The molecule has 1 saturated heterocycles. The highest BCUT2D eigenvalue weighted by Crippen LogP contribution is 2.49. The van der Waals surface area contributed by atoms with Crippen molar-refractivity contribution in [3.8, 4) is 10.4 Å². The lowest BCUT2D eigenvalue weighted by atomic mass is 10.2. The summed E-state index contributed by atoms with van der Waals surface area (Å²) < 4.78 is 3.46. The second kappa shape index (κ2) is 7.46. The van der Waals surface area contributed by atoms with E-state index in [9.17, 15) is 9.59 Å². The van der Waals surface area contributed by atoms with E-state index in [2.05, 4.69) is 30.4 Å². The predicted molar refractivity (Wildman–Crippen MR) is 134 cm³/mol. The maximum absolute atomic E-state index is 13.0. The summed E-state index contributed by atoms with van der Waals surface area (Å²) >= 11 is 1.49. The number of aromatic amines is 1. The second-order valence-electron chi connectivity index (χ2n) is 9.62. The molecule has 0 radical (unpaired) electrons. The third-order valence-corrected chi connectivity index (χ3v) is 8.53. The number of pyridine rings is 2. The van der Waals surface area contributed by atoms with Crippen LogP contribution in [-0.4, -0.2) is 65.3 Å². The van der Waals surface area contributed by atoms with Gasteiger partial charge >= 0.3 is 0 Å². The first-order valence-electron chi connectivity index (χ1n) is 11.9. The molecule has 1 spiro atoms. The van der Waals surface area contributed by atoms with Crippen molar-refractivity contribution in [3.63, 3.8) is 0 Å². The number of carbonyl (C=O) groups excluding carboxylic acids is 1. The Balaban J connectivity index is 1.17. The van der Waals surface area contributed by atoms with Gasteiger partial charge in [0, 0.05) is 49.8 Å². The van der Waals surface area contributed by atoms with Crippen LogP contribution in [0.2, 0.25) is 0 Å². The van der Waals surface area contributed by atoms with Crippen LogP contribution in [0.1, 0.15) is 36.0 Å². The van der Waals surface area contributed by atoms with Crippen molar-refractivity contribution in [2.45, 2.75) is 31.2 Å². The first kappa shape index (κ1) is 20.8. The van der Waals surface area contributed by atoms with E-state index in [-0.39, 0.29) is 11.5 Å². The van der Waals surface area contributed by atoms with E-state index in [4.69, 9.17) is 0 Å². The van der Waals surface area contributed by atoms with E-state index in [1.54, 1.807) is 27.7 Å². The summed E-state index contributed by atoms with van der Waals surface area (Å²) in [7, 11) is 1.87. The Morgan fingerprint density at radius 2 is 2.11 bits per heavy atom. The highest BCUT2D eigenvalue weighted by molar-refractivity contribution is 7.21. The minimum absolute atomic E-state index is 0.184. The minimum atomic E-state index is -0.245. The Kier molecular flexibility index (Phi) is 4.43. The highest BCUT2D eigenvalue weighted by Gasteiger charge is 2.50. The van der Waals surface area contributed by atoms with Crippen LogP contribution in [0.15, 0.2) is 35.6 Å². The molecule has 1 amide bonds. The topological polar surface area (TPSA) is 113 Å². The number of aromatic nitrogens is 6. The van der Waals surface area contributed by atoms with E-state index in [1.807, 2.05) is 19.4 Å². The molecule has 2 N–H and O–H groups in total. The van der Waals surface area contributed by atoms with Gasteiger partial charge in [-0.25, -0.2) is 4.52 Å². The lowest BCUT2D eigenvalue weighted by molar-refractivity contribution is 0.0945. The Hall–Kier alpha value is -3.57. The standard InChI is InChI=1S/C24H24N8O2S/c1-30-12-15(11-27-30)17-13-32-23(35-17)18-20(29-32)19-16(28-22(18)34)9-14(10-26-19)21(33)25-6-8-31-7-2-3-24(31)4-5-24/h9-13H,2-8H2,1H3,(H,25,33)(H,28,34). The Labute approximate surface area is 203 Å². The molecule has 178 valence electrons. The lowest BCUT2D eigenvalue weighted by Gasteiger charge is -2.23. The zero-order valence-electron chi connectivity index (χ0n) is 19.2. The minimum Gasteiger partial charge on any atom is -0.351 e. The molecule has 1 saturated carbocycles. The van der Waals surface area contributed by atoms with E-state index in [0.29, 0.717) is 39.6 Å². The zero-order valence-corrected chi connectivity index (χ0v) is 20.1. The summed E-state index contributed by atoms with van der Waals surface area (Å²) in [6.07, 6.45) is 12.3. The number of rotatable bonds is 5. The Bertz CT molecular complexity index is 1690. The summed E-state index contributed by atoms with van der Waals surface area (Å²) in [5, 5.41) is 12.4. The average molecular weight is 489 g/mol. The number of amides is 1. The summed E-state index contributed by atoms with van der Waals surface area (Å²) in [4.78, 5) is 37.5. The molecule has 1 aliphatic carbocycles. The normalized spacial score (nSPS) is 17.3. The molecule has 0 bridgehead atoms. The summed E-state index contributed by atoms with van der Waals surface area (Å²) in [5.41, 5.74) is 3.19. The fourth-order valence-corrected chi connectivity index (χ4v) is 6.48. The third-order valence-electron chi connectivity index (χ3n) is 7.39. The van der Waals surface area contributed by atoms with Gasteiger partial charge in [-0.05, 0) is 38.3 Å². The molecule has 5 aromatic heterocycles. The maximum Gasteiger partial charge on any atom is 0.261 e. The van der Waals surface area contributed by atoms with Crippen LogP contribution in [0.3, 0.4) is 0 Å². The lowest BCUT2D eigenvalue weighted by Crippen LogP contribution is -2.38. The maximum atomic E-state index is 13.0. The zero-order chi connectivity index (χ0) is 23.7. The summed E-state index contributed by atoms with van der Waals surface area (Å²) in [6.45, 7) is 2.60. The van der Waals surface area contributed by atoms with Crippen LogP contribution < -0.4 is 10.9 Å². The van der Waals surface area contributed by atoms with Crippen molar-refractivity contribution in [1.82, 2.24) is 39.6 Å². The number of fused-ring (bicyclic) bond motifs is 5. The SMILES string of the molecule is Cn1cc(-c2cn3nc4c5ncc(C(=O)NCCN6CCCC67CC7)cc5[nH]c(=O)c4c3s2)cn1. The van der Waals surface area contributed by atoms with Crippen LogP contribution in [0.4, 0.5) is 0 Å². The fourth-order valence-electron chi connectivity index (χ4n) is 5.42. The number of hydrogen-bond acceptors (Lipinski definition) is 7. The monoisotopic (exact) mass is 488 g/mol. The number of hydrogen-bond donors (Lipinski definition) is 2. The molecule has 0 atom stereocenters.